The van der Waals surface area contributed by atoms with Crippen LogP contribution in [0.2, 0.25) is 5.02 Å². The van der Waals surface area contributed by atoms with Gasteiger partial charge in [-0.3, -0.25) is 4.79 Å². The van der Waals surface area contributed by atoms with Crippen molar-refractivity contribution in [2.45, 2.75) is 31.3 Å². The Morgan fingerprint density at radius 1 is 1.19 bits per heavy atom. The Balaban J connectivity index is 1.89. The lowest BCUT2D eigenvalue weighted by Gasteiger charge is -2.29. The molecule has 1 amide bonds. The third kappa shape index (κ3) is 3.68. The fraction of sp³-hybridized carbons (Fsp3) is 0.300. The molecule has 1 heterocycles. The number of carboxylic acids is 1. The Morgan fingerprint density at radius 3 is 2.65 bits per heavy atom. The van der Waals surface area contributed by atoms with Gasteiger partial charge in [-0.1, -0.05) is 41.9 Å². The summed E-state index contributed by atoms with van der Waals surface area (Å²) in [6.45, 7) is 0. The molecule has 1 aliphatic heterocycles. The lowest BCUT2D eigenvalue weighted by molar-refractivity contribution is -0.149. The van der Waals surface area contributed by atoms with Crippen molar-refractivity contribution in [2.75, 3.05) is 7.11 Å². The molecule has 2 atom stereocenters. The molecular weight excluding hydrogens is 354 g/mol. The average molecular weight is 374 g/mol. The second-order valence-electron chi connectivity index (χ2n) is 6.30. The smallest absolute Gasteiger partial charge is 0.326 e. The van der Waals surface area contributed by atoms with Gasteiger partial charge in [0.1, 0.15) is 11.8 Å². The summed E-state index contributed by atoms with van der Waals surface area (Å²) in [4.78, 5) is 26.2. The fourth-order valence-electron chi connectivity index (χ4n) is 3.50. The molecule has 136 valence electrons. The van der Waals surface area contributed by atoms with Crippen molar-refractivity contribution >= 4 is 23.5 Å². The number of aliphatic carboxylic acids is 1. The maximum atomic E-state index is 13.0. The highest BCUT2D eigenvalue weighted by atomic mass is 35.5. The van der Waals surface area contributed by atoms with Crippen LogP contribution < -0.4 is 4.74 Å². The molecule has 0 saturated carbocycles. The molecule has 5 nitrogen and oxygen atoms in total. The van der Waals surface area contributed by atoms with Gasteiger partial charge >= 0.3 is 5.97 Å². The molecule has 1 fully saturated rings. The van der Waals surface area contributed by atoms with Gasteiger partial charge in [0.15, 0.2) is 0 Å². The zero-order valence-electron chi connectivity index (χ0n) is 14.4. The van der Waals surface area contributed by atoms with Crippen molar-refractivity contribution in [3.8, 4) is 5.75 Å². The van der Waals surface area contributed by atoms with Gasteiger partial charge in [0, 0.05) is 5.02 Å². The van der Waals surface area contributed by atoms with Crippen LogP contribution in [0.5, 0.6) is 5.75 Å². The van der Waals surface area contributed by atoms with E-state index in [9.17, 15) is 14.7 Å². The van der Waals surface area contributed by atoms with Crippen LogP contribution in [0.1, 0.15) is 30.0 Å². The van der Waals surface area contributed by atoms with Gasteiger partial charge < -0.3 is 14.7 Å². The molecule has 26 heavy (non-hydrogen) atoms. The summed E-state index contributed by atoms with van der Waals surface area (Å²) < 4.78 is 5.19. The quantitative estimate of drug-likeness (QED) is 0.867. The molecule has 3 rings (SSSR count). The molecule has 2 aromatic carbocycles. The summed E-state index contributed by atoms with van der Waals surface area (Å²) >= 11 is 6.30. The molecule has 1 aliphatic rings. The molecule has 0 aliphatic carbocycles. The first-order valence-electron chi connectivity index (χ1n) is 8.42. The van der Waals surface area contributed by atoms with Gasteiger partial charge in [0.2, 0.25) is 5.91 Å². The number of amides is 1. The van der Waals surface area contributed by atoms with Gasteiger partial charge in [-0.25, -0.2) is 4.79 Å². The molecule has 0 radical (unpaired) electrons. The predicted octanol–water partition coefficient (Wildman–Crippen LogP) is 3.71. The summed E-state index contributed by atoms with van der Waals surface area (Å²) in [6, 6.07) is 13.3. The number of carbonyl (C=O) groups is 2. The molecule has 0 bridgehead atoms. The Bertz CT molecular complexity index is 823. The SMILES string of the molecule is COc1cccc(CC(=O)N2[C@@H](c3ccccc3Cl)CC[C@H]2C(=O)O)c1. The van der Waals surface area contributed by atoms with E-state index in [0.717, 1.165) is 11.1 Å². The Morgan fingerprint density at radius 2 is 1.96 bits per heavy atom. The van der Waals surface area contributed by atoms with Crippen LogP contribution in [0.15, 0.2) is 48.5 Å². The highest BCUT2D eigenvalue weighted by molar-refractivity contribution is 6.31. The van der Waals surface area contributed by atoms with E-state index < -0.39 is 12.0 Å². The molecular formula is C20H20ClNO4. The molecule has 2 aromatic rings. The number of ether oxygens (including phenoxy) is 1. The van der Waals surface area contributed by atoms with E-state index in [-0.39, 0.29) is 18.4 Å². The number of hydrogen-bond donors (Lipinski definition) is 1. The summed E-state index contributed by atoms with van der Waals surface area (Å²) in [5.74, 6) is -0.555. The maximum absolute atomic E-state index is 13.0. The minimum atomic E-state index is -0.987. The highest BCUT2D eigenvalue weighted by Crippen LogP contribution is 2.39. The second kappa shape index (κ2) is 7.79. The van der Waals surface area contributed by atoms with Crippen LogP contribution >= 0.6 is 11.6 Å². The Hall–Kier alpha value is -2.53. The average Bonchev–Trinajstić information content (AvgIpc) is 3.07. The summed E-state index contributed by atoms with van der Waals surface area (Å²) in [7, 11) is 1.56. The third-order valence-corrected chi connectivity index (χ3v) is 5.06. The van der Waals surface area contributed by atoms with Crippen molar-refractivity contribution in [1.29, 1.82) is 0 Å². The molecule has 1 saturated heterocycles. The van der Waals surface area contributed by atoms with E-state index in [1.54, 1.807) is 25.3 Å². The van der Waals surface area contributed by atoms with E-state index in [0.29, 0.717) is 23.6 Å². The Kier molecular flexibility index (Phi) is 5.47. The van der Waals surface area contributed by atoms with Crippen LogP contribution in [0, 0.1) is 0 Å². The predicted molar refractivity (Wildman–Crippen MR) is 98.4 cm³/mol. The van der Waals surface area contributed by atoms with Gasteiger partial charge in [0.25, 0.3) is 0 Å². The van der Waals surface area contributed by atoms with Gasteiger partial charge in [-0.05, 0) is 42.2 Å². The second-order valence-corrected chi connectivity index (χ2v) is 6.71. The lowest BCUT2D eigenvalue weighted by atomic mass is 10.0. The highest BCUT2D eigenvalue weighted by Gasteiger charge is 2.42. The fourth-order valence-corrected chi connectivity index (χ4v) is 3.76. The third-order valence-electron chi connectivity index (χ3n) is 4.71. The molecule has 6 heteroatoms. The van der Waals surface area contributed by atoms with Crippen molar-refractivity contribution in [3.05, 3.63) is 64.7 Å². The van der Waals surface area contributed by atoms with Crippen LogP contribution in [-0.4, -0.2) is 35.0 Å². The standard InChI is InChI=1S/C20H20ClNO4/c1-26-14-6-4-5-13(11-14)12-19(23)22-17(9-10-18(22)20(24)25)15-7-2-3-8-16(15)21/h2-8,11,17-18H,9-10,12H2,1H3,(H,24,25)/t17-,18+/m1/s1. The molecule has 1 N–H and O–H groups in total. The van der Waals surface area contributed by atoms with Crippen LogP contribution in [0.3, 0.4) is 0 Å². The minimum Gasteiger partial charge on any atom is -0.497 e. The monoisotopic (exact) mass is 373 g/mol. The largest absolute Gasteiger partial charge is 0.497 e. The van der Waals surface area contributed by atoms with Crippen molar-refractivity contribution in [1.82, 2.24) is 4.90 Å². The number of nitrogens with zero attached hydrogens (tertiary/aromatic N) is 1. The van der Waals surface area contributed by atoms with Gasteiger partial charge in [-0.2, -0.15) is 0 Å². The van der Waals surface area contributed by atoms with E-state index >= 15 is 0 Å². The number of carbonyl (C=O) groups excluding carboxylic acids is 1. The summed E-state index contributed by atoms with van der Waals surface area (Å²) in [5.41, 5.74) is 1.57. The number of halogens is 1. The van der Waals surface area contributed by atoms with Crippen LogP contribution in [0.4, 0.5) is 0 Å². The normalized spacial score (nSPS) is 19.4. The van der Waals surface area contributed by atoms with Gasteiger partial charge in [0.05, 0.1) is 19.6 Å². The first-order valence-corrected chi connectivity index (χ1v) is 8.80. The zero-order chi connectivity index (χ0) is 18.7. The van der Waals surface area contributed by atoms with Gasteiger partial charge in [-0.15, -0.1) is 0 Å². The topological polar surface area (TPSA) is 66.8 Å². The lowest BCUT2D eigenvalue weighted by Crippen LogP contribution is -2.42. The number of benzene rings is 2. The maximum Gasteiger partial charge on any atom is 0.326 e. The number of likely N-dealkylation sites (tertiary alicyclic amines) is 1. The molecule has 0 spiro atoms. The van der Waals surface area contributed by atoms with Crippen LogP contribution in [0.25, 0.3) is 0 Å². The first-order chi connectivity index (χ1) is 12.5. The van der Waals surface area contributed by atoms with E-state index in [4.69, 9.17) is 16.3 Å². The number of methoxy groups -OCH3 is 1. The van der Waals surface area contributed by atoms with Crippen molar-refractivity contribution < 1.29 is 19.4 Å². The van der Waals surface area contributed by atoms with Crippen molar-refractivity contribution in [3.63, 3.8) is 0 Å². The van der Waals surface area contributed by atoms with E-state index in [2.05, 4.69) is 0 Å². The number of rotatable bonds is 5. The van der Waals surface area contributed by atoms with Crippen molar-refractivity contribution in [2.24, 2.45) is 0 Å². The molecule has 0 unspecified atom stereocenters. The van der Waals surface area contributed by atoms with E-state index in [1.165, 1.54) is 4.90 Å². The number of hydrogen-bond acceptors (Lipinski definition) is 3. The first kappa shape index (κ1) is 18.3. The number of carboxylic acid groups (broad SMARTS) is 1. The Labute approximate surface area is 157 Å². The summed E-state index contributed by atoms with van der Waals surface area (Å²) in [5, 5.41) is 10.1. The van der Waals surface area contributed by atoms with E-state index in [1.807, 2.05) is 30.3 Å². The summed E-state index contributed by atoms with van der Waals surface area (Å²) in [6.07, 6.45) is 1.10. The van der Waals surface area contributed by atoms with Crippen LogP contribution in [-0.2, 0) is 16.0 Å². The zero-order valence-corrected chi connectivity index (χ0v) is 15.1. The molecule has 0 aromatic heterocycles. The minimum absolute atomic E-state index is 0.113.